The van der Waals surface area contributed by atoms with E-state index in [4.69, 9.17) is 19.3 Å². The van der Waals surface area contributed by atoms with E-state index in [0.29, 0.717) is 12.0 Å². The zero-order chi connectivity index (χ0) is 28.5. The molecule has 1 aromatic carbocycles. The van der Waals surface area contributed by atoms with Crippen molar-refractivity contribution in [2.75, 3.05) is 24.7 Å². The summed E-state index contributed by atoms with van der Waals surface area (Å²) < 4.78 is 15.7. The van der Waals surface area contributed by atoms with Gasteiger partial charge < -0.3 is 29.5 Å². The molecular formula is C25H35N3O10. The zero-order valence-electron chi connectivity index (χ0n) is 22.1. The van der Waals surface area contributed by atoms with Gasteiger partial charge in [0.05, 0.1) is 11.5 Å². The van der Waals surface area contributed by atoms with Crippen molar-refractivity contribution in [1.29, 1.82) is 0 Å². The standard InChI is InChI=1S/C25H35N3O10/c1-5-6-14-36-23(32)17(26-24(33)38-25(2,3)4)8-7-9-20(29)27-13-12-16-19(37-15-21(30)31)11-10-18(22(16)27)28(34)35/h10-11,17H,5-9,12-15H2,1-4H3,(H,26,33)(H,30,31). The summed E-state index contributed by atoms with van der Waals surface area (Å²) in [6.45, 7) is 6.72. The number of carbonyl (C=O) groups excluding carboxylic acids is 3. The Hall–Kier alpha value is -3.90. The van der Waals surface area contributed by atoms with Gasteiger partial charge in [0.25, 0.3) is 5.69 Å². The number of anilines is 1. The molecule has 1 atom stereocenters. The lowest BCUT2D eigenvalue weighted by molar-refractivity contribution is -0.384. The smallest absolute Gasteiger partial charge is 0.408 e. The topological polar surface area (TPSA) is 175 Å². The summed E-state index contributed by atoms with van der Waals surface area (Å²) in [6, 6.07) is 1.46. The first-order valence-electron chi connectivity index (χ1n) is 12.5. The molecule has 2 N–H and O–H groups in total. The molecule has 1 aromatic rings. The molecule has 38 heavy (non-hydrogen) atoms. The number of amides is 2. The van der Waals surface area contributed by atoms with Crippen LogP contribution in [0.5, 0.6) is 5.75 Å². The molecule has 0 aromatic heterocycles. The Morgan fingerprint density at radius 1 is 1.21 bits per heavy atom. The maximum atomic E-state index is 13.1. The lowest BCUT2D eigenvalue weighted by Crippen LogP contribution is -2.44. The number of fused-ring (bicyclic) bond motifs is 1. The number of hydrogen-bond acceptors (Lipinski definition) is 9. The van der Waals surface area contributed by atoms with Crippen LogP contribution in [-0.4, -0.2) is 65.4 Å². The Morgan fingerprint density at radius 2 is 1.92 bits per heavy atom. The summed E-state index contributed by atoms with van der Waals surface area (Å²) in [5.74, 6) is -2.10. The number of aliphatic carboxylic acids is 1. The largest absolute Gasteiger partial charge is 0.482 e. The van der Waals surface area contributed by atoms with Gasteiger partial charge in [0.2, 0.25) is 5.91 Å². The number of nitrogens with one attached hydrogen (secondary N) is 1. The summed E-state index contributed by atoms with van der Waals surface area (Å²) in [6.07, 6.45) is 1.14. The molecule has 2 amide bonds. The van der Waals surface area contributed by atoms with Crippen LogP contribution in [0.25, 0.3) is 0 Å². The van der Waals surface area contributed by atoms with Gasteiger partial charge in [-0.1, -0.05) is 13.3 Å². The van der Waals surface area contributed by atoms with Crippen molar-refractivity contribution in [1.82, 2.24) is 5.32 Å². The number of carboxylic acid groups (broad SMARTS) is 1. The number of nitro benzene ring substituents is 1. The number of nitro groups is 1. The number of hydrogen-bond donors (Lipinski definition) is 2. The second-order valence-corrected chi connectivity index (χ2v) is 9.76. The van der Waals surface area contributed by atoms with E-state index < -0.39 is 47.1 Å². The van der Waals surface area contributed by atoms with Gasteiger partial charge in [0.1, 0.15) is 23.1 Å². The molecule has 210 valence electrons. The molecular weight excluding hydrogens is 502 g/mol. The number of nitrogens with zero attached hydrogens (tertiary/aromatic N) is 2. The number of rotatable bonds is 13. The van der Waals surface area contributed by atoms with Gasteiger partial charge in [-0.05, 0) is 52.5 Å². The minimum absolute atomic E-state index is 0.0639. The van der Waals surface area contributed by atoms with E-state index >= 15 is 0 Å². The first-order valence-corrected chi connectivity index (χ1v) is 12.5. The second-order valence-electron chi connectivity index (χ2n) is 9.76. The zero-order valence-corrected chi connectivity index (χ0v) is 22.1. The Kier molecular flexibility index (Phi) is 10.8. The van der Waals surface area contributed by atoms with Crippen molar-refractivity contribution < 1.29 is 43.4 Å². The average Bonchev–Trinajstić information content (AvgIpc) is 3.26. The van der Waals surface area contributed by atoms with Crippen molar-refractivity contribution in [2.45, 2.75) is 77.9 Å². The SMILES string of the molecule is CCCCOC(=O)C(CCCC(=O)N1CCc2c(OCC(=O)O)ccc([N+](=O)[O-])c21)NC(=O)OC(C)(C)C. The summed E-state index contributed by atoms with van der Waals surface area (Å²) in [7, 11) is 0. The van der Waals surface area contributed by atoms with E-state index in [-0.39, 0.29) is 56.0 Å². The second kappa shape index (κ2) is 13.6. The van der Waals surface area contributed by atoms with Crippen LogP contribution in [0.1, 0.15) is 65.4 Å². The van der Waals surface area contributed by atoms with Gasteiger partial charge in [-0.15, -0.1) is 0 Å². The summed E-state index contributed by atoms with van der Waals surface area (Å²) in [5, 5.41) is 23.0. The molecule has 0 saturated heterocycles. The van der Waals surface area contributed by atoms with Crippen molar-refractivity contribution >= 4 is 35.3 Å². The molecule has 1 aliphatic rings. The number of carbonyl (C=O) groups is 4. The number of benzene rings is 1. The van der Waals surface area contributed by atoms with Crippen LogP contribution < -0.4 is 15.0 Å². The maximum absolute atomic E-state index is 13.1. The first-order chi connectivity index (χ1) is 17.8. The van der Waals surface area contributed by atoms with Gasteiger partial charge in [0, 0.05) is 24.6 Å². The molecule has 1 aliphatic heterocycles. The average molecular weight is 538 g/mol. The van der Waals surface area contributed by atoms with Crippen molar-refractivity contribution in [3.8, 4) is 5.75 Å². The molecule has 0 bridgehead atoms. The van der Waals surface area contributed by atoms with E-state index in [2.05, 4.69) is 5.32 Å². The van der Waals surface area contributed by atoms with Crippen LogP contribution in [-0.2, 0) is 30.3 Å². The Bertz CT molecular complexity index is 1050. The van der Waals surface area contributed by atoms with Gasteiger partial charge >= 0.3 is 18.0 Å². The summed E-state index contributed by atoms with van der Waals surface area (Å²) in [4.78, 5) is 61.1. The van der Waals surface area contributed by atoms with E-state index in [1.54, 1.807) is 20.8 Å². The Balaban J connectivity index is 2.11. The fourth-order valence-corrected chi connectivity index (χ4v) is 3.86. The van der Waals surface area contributed by atoms with Crippen LogP contribution in [0, 0.1) is 10.1 Å². The fourth-order valence-electron chi connectivity index (χ4n) is 3.86. The van der Waals surface area contributed by atoms with E-state index in [0.717, 1.165) is 6.42 Å². The highest BCUT2D eigenvalue weighted by Gasteiger charge is 2.35. The van der Waals surface area contributed by atoms with Gasteiger partial charge in [-0.25, -0.2) is 14.4 Å². The van der Waals surface area contributed by atoms with Gasteiger partial charge in [0.15, 0.2) is 6.61 Å². The van der Waals surface area contributed by atoms with Gasteiger partial charge in [-0.2, -0.15) is 0 Å². The molecule has 2 rings (SSSR count). The predicted octanol–water partition coefficient (Wildman–Crippen LogP) is 3.35. The molecule has 13 nitrogen and oxygen atoms in total. The summed E-state index contributed by atoms with van der Waals surface area (Å²) >= 11 is 0. The molecule has 0 spiro atoms. The molecule has 13 heteroatoms. The van der Waals surface area contributed by atoms with E-state index in [1.165, 1.54) is 17.0 Å². The Labute approximate surface area is 220 Å². The van der Waals surface area contributed by atoms with Crippen molar-refractivity contribution in [3.63, 3.8) is 0 Å². The van der Waals surface area contributed by atoms with Crippen molar-refractivity contribution in [2.24, 2.45) is 0 Å². The highest BCUT2D eigenvalue weighted by Crippen LogP contribution is 2.42. The lowest BCUT2D eigenvalue weighted by Gasteiger charge is -2.23. The number of carboxylic acids is 1. The van der Waals surface area contributed by atoms with Crippen LogP contribution in [0.2, 0.25) is 0 Å². The number of esters is 1. The third kappa shape index (κ3) is 8.89. The number of alkyl carbamates (subject to hydrolysis) is 1. The van der Waals surface area contributed by atoms with Crippen LogP contribution >= 0.6 is 0 Å². The van der Waals surface area contributed by atoms with Crippen LogP contribution in [0.15, 0.2) is 12.1 Å². The third-order valence-corrected chi connectivity index (χ3v) is 5.52. The highest BCUT2D eigenvalue weighted by molar-refractivity contribution is 5.98. The maximum Gasteiger partial charge on any atom is 0.408 e. The number of ether oxygens (including phenoxy) is 3. The van der Waals surface area contributed by atoms with E-state index in [1.807, 2.05) is 6.92 Å². The monoisotopic (exact) mass is 537 g/mol. The highest BCUT2D eigenvalue weighted by atomic mass is 16.6. The molecule has 0 saturated carbocycles. The minimum atomic E-state index is -1.20. The quantitative estimate of drug-likeness (QED) is 0.164. The summed E-state index contributed by atoms with van der Waals surface area (Å²) in [5.41, 5.74) is -0.609. The molecule has 0 aliphatic carbocycles. The fraction of sp³-hybridized carbons (Fsp3) is 0.600. The molecule has 0 radical (unpaired) electrons. The number of unbranched alkanes of at least 4 members (excludes halogenated alkanes) is 1. The molecule has 1 heterocycles. The molecule has 0 fully saturated rings. The minimum Gasteiger partial charge on any atom is -0.482 e. The van der Waals surface area contributed by atoms with E-state index in [9.17, 15) is 29.3 Å². The lowest BCUT2D eigenvalue weighted by atomic mass is 10.1. The normalized spacial score (nSPS) is 13.3. The van der Waals surface area contributed by atoms with Gasteiger partial charge in [-0.3, -0.25) is 14.9 Å². The first kappa shape index (κ1) is 30.3. The predicted molar refractivity (Wildman–Crippen MR) is 135 cm³/mol. The Morgan fingerprint density at radius 3 is 2.53 bits per heavy atom. The molecule has 1 unspecified atom stereocenters. The van der Waals surface area contributed by atoms with Crippen LogP contribution in [0.3, 0.4) is 0 Å². The third-order valence-electron chi connectivity index (χ3n) is 5.52. The van der Waals surface area contributed by atoms with Crippen molar-refractivity contribution in [3.05, 3.63) is 27.8 Å². The van der Waals surface area contributed by atoms with Crippen LogP contribution in [0.4, 0.5) is 16.2 Å².